The fourth-order valence-corrected chi connectivity index (χ4v) is 6.12. The van der Waals surface area contributed by atoms with Gasteiger partial charge >= 0.3 is 0 Å². The molecule has 1 aromatic carbocycles. The first-order chi connectivity index (χ1) is 16.1. The van der Waals surface area contributed by atoms with Crippen LogP contribution in [0, 0.1) is 10.8 Å². The molecule has 0 aromatic heterocycles. The summed E-state index contributed by atoms with van der Waals surface area (Å²) in [6, 6.07) is 2.49. The summed E-state index contributed by atoms with van der Waals surface area (Å²) >= 11 is 0. The van der Waals surface area contributed by atoms with Crippen LogP contribution in [0.25, 0.3) is 6.08 Å². The average molecular weight is 463 g/mol. The van der Waals surface area contributed by atoms with E-state index in [2.05, 4.69) is 57.9 Å². The van der Waals surface area contributed by atoms with Crippen molar-refractivity contribution in [3.8, 4) is 0 Å². The summed E-state index contributed by atoms with van der Waals surface area (Å²) in [5.74, 6) is 0. The lowest BCUT2D eigenvalue weighted by Gasteiger charge is -2.39. The molecule has 4 rings (SSSR count). The van der Waals surface area contributed by atoms with Crippen LogP contribution < -0.4 is 10.6 Å². The predicted molar refractivity (Wildman–Crippen MR) is 152 cm³/mol. The Morgan fingerprint density at radius 1 is 1.00 bits per heavy atom. The largest absolute Gasteiger partial charge is 0.371 e. The van der Waals surface area contributed by atoms with Crippen LogP contribution in [0.5, 0.6) is 0 Å². The second-order valence-electron chi connectivity index (χ2n) is 12.1. The second kappa shape index (κ2) is 10.9. The molecule has 0 amide bonds. The standard InChI is InChI=1S/C30H44N2.C2H6/c1-21-16-27-24(17-23-10-7-14-32-15-8-11-25(27)28(23)32)18-26(21)22(2)19-29(3,4)12-9-13-30(5,6)20-31;1-2/h17-18H,1-2,7-16,19-20,31H2,3-6H3;1-2H3. The van der Waals surface area contributed by atoms with Crippen molar-refractivity contribution in [1.29, 1.82) is 0 Å². The molecule has 1 aliphatic carbocycles. The molecule has 2 N–H and O–H groups in total. The highest BCUT2D eigenvalue weighted by atomic mass is 15.1. The van der Waals surface area contributed by atoms with Gasteiger partial charge in [0, 0.05) is 18.8 Å². The van der Waals surface area contributed by atoms with E-state index in [1.54, 1.807) is 22.4 Å². The number of hydrogen-bond acceptors (Lipinski definition) is 2. The number of nitrogens with zero attached hydrogens (tertiary/aromatic N) is 1. The monoisotopic (exact) mass is 462 g/mol. The van der Waals surface area contributed by atoms with Gasteiger partial charge < -0.3 is 10.6 Å². The molecule has 3 aliphatic rings. The molecule has 1 aromatic rings. The van der Waals surface area contributed by atoms with Crippen LogP contribution in [0.1, 0.15) is 102 Å². The van der Waals surface area contributed by atoms with E-state index >= 15 is 0 Å². The van der Waals surface area contributed by atoms with E-state index in [4.69, 9.17) is 5.73 Å². The summed E-state index contributed by atoms with van der Waals surface area (Å²) in [4.78, 5) is 2.65. The van der Waals surface area contributed by atoms with Gasteiger partial charge in [-0.15, -0.1) is 0 Å². The molecule has 0 radical (unpaired) electrons. The number of aryl methyl sites for hydroxylation is 1. The minimum absolute atomic E-state index is 0.242. The van der Waals surface area contributed by atoms with Crippen LogP contribution in [0.2, 0.25) is 0 Å². The second-order valence-corrected chi connectivity index (χ2v) is 12.1. The quantitative estimate of drug-likeness (QED) is 0.423. The summed E-state index contributed by atoms with van der Waals surface area (Å²) in [7, 11) is 0. The number of rotatable bonds is 8. The van der Waals surface area contributed by atoms with Crippen molar-refractivity contribution in [1.82, 2.24) is 0 Å². The van der Waals surface area contributed by atoms with E-state index in [1.165, 1.54) is 80.3 Å². The first-order valence-electron chi connectivity index (χ1n) is 13.8. The van der Waals surface area contributed by atoms with Crippen molar-refractivity contribution in [3.05, 3.63) is 58.2 Å². The fourth-order valence-electron chi connectivity index (χ4n) is 6.12. The van der Waals surface area contributed by atoms with Gasteiger partial charge in [-0.1, -0.05) is 61.1 Å². The zero-order valence-corrected chi connectivity index (χ0v) is 23.1. The topological polar surface area (TPSA) is 29.3 Å². The van der Waals surface area contributed by atoms with Gasteiger partial charge in [-0.25, -0.2) is 0 Å². The molecule has 0 atom stereocenters. The molecular formula is C32H50N2. The van der Waals surface area contributed by atoms with E-state index in [0.717, 1.165) is 19.4 Å². The first-order valence-corrected chi connectivity index (χ1v) is 13.8. The molecular weight excluding hydrogens is 412 g/mol. The Morgan fingerprint density at radius 3 is 2.32 bits per heavy atom. The summed E-state index contributed by atoms with van der Waals surface area (Å²) in [5, 5.41) is 0. The van der Waals surface area contributed by atoms with Crippen LogP contribution in [0.15, 0.2) is 35.9 Å². The molecule has 0 saturated heterocycles. The summed E-state index contributed by atoms with van der Waals surface area (Å²) in [5.41, 5.74) is 18.0. The molecule has 0 saturated carbocycles. The van der Waals surface area contributed by atoms with Gasteiger partial charge in [-0.05, 0) is 120 Å². The Morgan fingerprint density at radius 2 is 1.65 bits per heavy atom. The Kier molecular flexibility index (Phi) is 8.56. The van der Waals surface area contributed by atoms with Gasteiger partial charge in [0.2, 0.25) is 0 Å². The lowest BCUT2D eigenvalue weighted by Crippen LogP contribution is -2.35. The van der Waals surface area contributed by atoms with Crippen molar-refractivity contribution >= 4 is 11.8 Å². The molecule has 2 aliphatic heterocycles. The maximum absolute atomic E-state index is 5.93. The Labute approximate surface area is 210 Å². The third-order valence-corrected chi connectivity index (χ3v) is 8.08. The molecule has 34 heavy (non-hydrogen) atoms. The number of hydrogen-bond donors (Lipinski definition) is 1. The summed E-state index contributed by atoms with van der Waals surface area (Å²) < 4.78 is 0. The average Bonchev–Trinajstić information content (AvgIpc) is 2.80. The molecule has 2 heteroatoms. The number of benzene rings is 1. The molecule has 0 spiro atoms. The Balaban J connectivity index is 0.00000158. The number of anilines is 1. The zero-order valence-electron chi connectivity index (χ0n) is 23.1. The normalized spacial score (nSPS) is 17.3. The van der Waals surface area contributed by atoms with Gasteiger partial charge in [-0.2, -0.15) is 0 Å². The molecule has 0 unspecified atom stereocenters. The smallest absolute Gasteiger partial charge is 0.0434 e. The predicted octanol–water partition coefficient (Wildman–Crippen LogP) is 8.04. The maximum atomic E-state index is 5.93. The van der Waals surface area contributed by atoms with Gasteiger partial charge in [0.05, 0.1) is 0 Å². The minimum Gasteiger partial charge on any atom is -0.371 e. The van der Waals surface area contributed by atoms with Crippen molar-refractivity contribution in [2.75, 3.05) is 24.5 Å². The molecule has 2 heterocycles. The van der Waals surface area contributed by atoms with E-state index in [9.17, 15) is 0 Å². The van der Waals surface area contributed by atoms with Crippen molar-refractivity contribution in [2.24, 2.45) is 16.6 Å². The summed E-state index contributed by atoms with van der Waals surface area (Å²) in [6.07, 6.45) is 13.1. The van der Waals surface area contributed by atoms with E-state index in [0.29, 0.717) is 0 Å². The lowest BCUT2D eigenvalue weighted by atomic mass is 9.74. The third kappa shape index (κ3) is 5.88. The molecule has 2 nitrogen and oxygen atoms in total. The van der Waals surface area contributed by atoms with E-state index < -0.39 is 0 Å². The fraction of sp³-hybridized carbons (Fsp3) is 0.625. The van der Waals surface area contributed by atoms with E-state index in [-0.39, 0.29) is 10.8 Å². The van der Waals surface area contributed by atoms with Crippen molar-refractivity contribution in [2.45, 2.75) is 99.3 Å². The number of fused-ring (bicyclic) bond motifs is 2. The van der Waals surface area contributed by atoms with Gasteiger partial charge in [0.1, 0.15) is 0 Å². The van der Waals surface area contributed by atoms with Crippen LogP contribution in [0.3, 0.4) is 0 Å². The number of nitrogens with two attached hydrogens (primary N) is 1. The van der Waals surface area contributed by atoms with Gasteiger partial charge in [0.25, 0.3) is 0 Å². The minimum atomic E-state index is 0.242. The van der Waals surface area contributed by atoms with Crippen LogP contribution >= 0.6 is 0 Å². The Hall–Kier alpha value is -1.80. The highest BCUT2D eigenvalue weighted by molar-refractivity contribution is 5.78. The third-order valence-electron chi connectivity index (χ3n) is 8.08. The maximum Gasteiger partial charge on any atom is 0.0434 e. The zero-order chi connectivity index (χ0) is 25.1. The summed E-state index contributed by atoms with van der Waals surface area (Å²) in [6.45, 7) is 25.6. The molecule has 0 bridgehead atoms. The highest BCUT2D eigenvalue weighted by Gasteiger charge is 2.30. The molecule has 0 fully saturated rings. The van der Waals surface area contributed by atoms with Crippen LogP contribution in [-0.4, -0.2) is 19.6 Å². The van der Waals surface area contributed by atoms with Crippen LogP contribution in [-0.2, 0) is 19.3 Å². The number of allylic oxidation sites excluding steroid dienone is 3. The van der Waals surface area contributed by atoms with E-state index in [1.807, 2.05) is 13.8 Å². The van der Waals surface area contributed by atoms with Gasteiger partial charge in [0.15, 0.2) is 0 Å². The van der Waals surface area contributed by atoms with Crippen LogP contribution in [0.4, 0.5) is 5.69 Å². The SMILES string of the molecule is C=C1Cc2c(cc3c4c2CCCN4CCC3)C=C1C(=C)CC(C)(C)CCCC(C)(C)CN.CC. The first kappa shape index (κ1) is 26.8. The Bertz CT molecular complexity index is 942. The highest BCUT2D eigenvalue weighted by Crippen LogP contribution is 2.44. The molecule has 188 valence electrons. The lowest BCUT2D eigenvalue weighted by molar-refractivity contribution is 0.271. The van der Waals surface area contributed by atoms with Crippen molar-refractivity contribution in [3.63, 3.8) is 0 Å². The van der Waals surface area contributed by atoms with Gasteiger partial charge in [-0.3, -0.25) is 0 Å². The van der Waals surface area contributed by atoms with Crippen molar-refractivity contribution < 1.29 is 0 Å².